The summed E-state index contributed by atoms with van der Waals surface area (Å²) in [5, 5.41) is 2.13. The molecule has 0 bridgehead atoms. The number of hydrogen-bond acceptors (Lipinski definition) is 6. The fourth-order valence-corrected chi connectivity index (χ4v) is 7.46. The topological polar surface area (TPSA) is 71.1 Å². The largest absolute Gasteiger partial charge is 0.373 e. The van der Waals surface area contributed by atoms with Gasteiger partial charge < -0.3 is 0 Å². The highest BCUT2D eigenvalue weighted by Gasteiger charge is 2.53. The second kappa shape index (κ2) is 12.5. The third kappa shape index (κ3) is 6.36. The summed E-state index contributed by atoms with van der Waals surface area (Å²) in [7, 11) is -4.01. The fourth-order valence-electron chi connectivity index (χ4n) is 4.41. The lowest BCUT2D eigenvalue weighted by Crippen LogP contribution is -2.56. The van der Waals surface area contributed by atoms with Crippen molar-refractivity contribution in [3.63, 3.8) is 0 Å². The summed E-state index contributed by atoms with van der Waals surface area (Å²) in [5.74, 6) is -1.37. The van der Waals surface area contributed by atoms with Crippen LogP contribution < -0.4 is 10.4 Å². The first-order valence-electron chi connectivity index (χ1n) is 13.2. The van der Waals surface area contributed by atoms with Crippen LogP contribution in [0, 0.1) is 13.8 Å². The molecular formula is C32H38O6Si2. The number of carbonyl (C=O) groups is 2. The summed E-state index contributed by atoms with van der Waals surface area (Å²) in [6.07, 6.45) is 2.24. The average Bonchev–Trinajstić information content (AvgIpc) is 2.99. The predicted molar refractivity (Wildman–Crippen MR) is 164 cm³/mol. The van der Waals surface area contributed by atoms with E-state index in [1.807, 2.05) is 47.1 Å². The summed E-state index contributed by atoms with van der Waals surface area (Å²) < 4.78 is 0. The van der Waals surface area contributed by atoms with Gasteiger partial charge in [-0.3, -0.25) is 9.78 Å². The van der Waals surface area contributed by atoms with Gasteiger partial charge in [-0.15, -0.1) is 26.3 Å². The summed E-state index contributed by atoms with van der Waals surface area (Å²) >= 11 is 0. The average molecular weight is 575 g/mol. The SMILES string of the molecule is [CH2]C1(OOC(=O)c2ccc([Si](C)(C=C)C=C)cc2)CCCCC1([CH2])OOC(=O)c1ccc([Si](C)(C=C)C=C)cc1. The molecule has 0 heterocycles. The van der Waals surface area contributed by atoms with E-state index in [-0.39, 0.29) is 0 Å². The van der Waals surface area contributed by atoms with Crippen LogP contribution in [0.25, 0.3) is 0 Å². The maximum absolute atomic E-state index is 12.8. The molecule has 2 aromatic carbocycles. The van der Waals surface area contributed by atoms with Gasteiger partial charge in [-0.05, 0) is 51.0 Å². The normalized spacial score (nSPS) is 21.1. The summed E-state index contributed by atoms with van der Waals surface area (Å²) in [4.78, 5) is 47.1. The molecule has 8 heteroatoms. The van der Waals surface area contributed by atoms with Crippen LogP contribution in [-0.4, -0.2) is 39.3 Å². The van der Waals surface area contributed by atoms with E-state index in [9.17, 15) is 9.59 Å². The Bertz CT molecular complexity index is 1150. The van der Waals surface area contributed by atoms with Gasteiger partial charge in [-0.25, -0.2) is 9.59 Å². The molecule has 0 aliphatic heterocycles. The molecule has 210 valence electrons. The van der Waals surface area contributed by atoms with Gasteiger partial charge in [0.15, 0.2) is 0 Å². The van der Waals surface area contributed by atoms with Gasteiger partial charge in [0, 0.05) is 0 Å². The molecule has 1 aliphatic carbocycles. The molecule has 2 radical (unpaired) electrons. The zero-order valence-electron chi connectivity index (χ0n) is 23.4. The number of benzene rings is 2. The maximum atomic E-state index is 12.8. The van der Waals surface area contributed by atoms with Crippen LogP contribution in [0.4, 0.5) is 0 Å². The molecule has 0 N–H and O–H groups in total. The third-order valence-electron chi connectivity index (χ3n) is 7.98. The van der Waals surface area contributed by atoms with Crippen molar-refractivity contribution in [2.75, 3.05) is 0 Å². The smallest absolute Gasteiger partial charge is 0.292 e. The summed E-state index contributed by atoms with van der Waals surface area (Å²) in [6.45, 7) is 28.1. The maximum Gasteiger partial charge on any atom is 0.373 e. The van der Waals surface area contributed by atoms with E-state index < -0.39 is 39.3 Å². The van der Waals surface area contributed by atoms with Crippen LogP contribution in [0.1, 0.15) is 46.4 Å². The van der Waals surface area contributed by atoms with Gasteiger partial charge in [0.2, 0.25) is 0 Å². The highest BCUT2D eigenvalue weighted by Crippen LogP contribution is 2.42. The van der Waals surface area contributed by atoms with Crippen molar-refractivity contribution in [3.05, 3.63) is 123 Å². The van der Waals surface area contributed by atoms with E-state index in [2.05, 4.69) is 53.3 Å². The Kier molecular flexibility index (Phi) is 9.74. The quantitative estimate of drug-likeness (QED) is 0.183. The van der Waals surface area contributed by atoms with Crippen LogP contribution in [0.5, 0.6) is 0 Å². The van der Waals surface area contributed by atoms with Gasteiger partial charge >= 0.3 is 11.9 Å². The standard InChI is InChI=1S/C32H38O6Si2/c1-9-39(7,10-2)27-19-15-25(16-20-27)29(33)35-37-31(5)23-13-14-24-32(31,6)38-36-30(34)26-17-21-28(22-18-26)40(8,11-3)12-4/h9-12,15-22H,1-6,13-14,23-24H2,7-8H3. The number of carbonyl (C=O) groups excluding carboxylic acids is 2. The molecular weight excluding hydrogens is 537 g/mol. The molecule has 3 rings (SSSR count). The van der Waals surface area contributed by atoms with Gasteiger partial charge in [-0.1, -0.05) is 83.4 Å². The molecule has 1 fully saturated rings. The van der Waals surface area contributed by atoms with Crippen molar-refractivity contribution >= 4 is 38.5 Å². The molecule has 0 saturated heterocycles. The zero-order chi connectivity index (χ0) is 29.6. The van der Waals surface area contributed by atoms with Gasteiger partial charge in [0.25, 0.3) is 0 Å². The van der Waals surface area contributed by atoms with E-state index in [0.29, 0.717) is 24.0 Å². The van der Waals surface area contributed by atoms with E-state index in [4.69, 9.17) is 19.6 Å². The third-order valence-corrected chi connectivity index (χ3v) is 14.5. The van der Waals surface area contributed by atoms with Gasteiger partial charge in [0.05, 0.1) is 11.1 Å². The van der Waals surface area contributed by atoms with Crippen LogP contribution in [0.15, 0.2) is 97.6 Å². The van der Waals surface area contributed by atoms with Crippen LogP contribution in [0.3, 0.4) is 0 Å². The Balaban J connectivity index is 1.66. The monoisotopic (exact) mass is 574 g/mol. The molecule has 6 nitrogen and oxygen atoms in total. The predicted octanol–water partition coefficient (Wildman–Crippen LogP) is 5.76. The number of rotatable bonds is 12. The van der Waals surface area contributed by atoms with E-state index >= 15 is 0 Å². The Morgan fingerprint density at radius 1 is 0.650 bits per heavy atom. The van der Waals surface area contributed by atoms with Crippen molar-refractivity contribution in [2.45, 2.75) is 50.0 Å². The molecule has 2 aromatic rings. The molecule has 2 atom stereocenters. The van der Waals surface area contributed by atoms with Crippen molar-refractivity contribution in [1.29, 1.82) is 0 Å². The zero-order valence-corrected chi connectivity index (χ0v) is 25.4. The highest BCUT2D eigenvalue weighted by molar-refractivity contribution is 6.99. The Morgan fingerprint density at radius 3 is 1.23 bits per heavy atom. The van der Waals surface area contributed by atoms with E-state index in [0.717, 1.165) is 23.2 Å². The van der Waals surface area contributed by atoms with E-state index in [1.54, 1.807) is 24.3 Å². The minimum atomic E-state index is -2.00. The lowest BCUT2D eigenvalue weighted by molar-refractivity contribution is -0.403. The first-order chi connectivity index (χ1) is 18.9. The van der Waals surface area contributed by atoms with Crippen LogP contribution in [-0.2, 0) is 19.6 Å². The highest BCUT2D eigenvalue weighted by atomic mass is 28.3. The second-order valence-corrected chi connectivity index (χ2v) is 18.6. The first-order valence-corrected chi connectivity index (χ1v) is 18.5. The van der Waals surface area contributed by atoms with E-state index in [1.165, 1.54) is 0 Å². The molecule has 0 aromatic heterocycles. The molecule has 0 spiro atoms. The lowest BCUT2D eigenvalue weighted by atomic mass is 9.74. The molecule has 40 heavy (non-hydrogen) atoms. The minimum absolute atomic E-state index is 0.310. The van der Waals surface area contributed by atoms with Crippen LogP contribution >= 0.6 is 0 Å². The van der Waals surface area contributed by atoms with Gasteiger partial charge in [0.1, 0.15) is 27.3 Å². The number of hydrogen-bond donors (Lipinski definition) is 0. The second-order valence-electron chi connectivity index (χ2n) is 10.6. The fraction of sp³-hybridized carbons (Fsp3) is 0.250. The molecule has 0 amide bonds. The Morgan fingerprint density at radius 2 is 0.950 bits per heavy atom. The van der Waals surface area contributed by atoms with Crippen molar-refractivity contribution < 1.29 is 29.1 Å². The van der Waals surface area contributed by atoms with Crippen molar-refractivity contribution in [2.24, 2.45) is 0 Å². The summed E-state index contributed by atoms with van der Waals surface area (Å²) in [5.41, 5.74) is 5.51. The van der Waals surface area contributed by atoms with Crippen LogP contribution in [0.2, 0.25) is 13.1 Å². The molecule has 2 unspecified atom stereocenters. The first kappa shape index (κ1) is 31.2. The Labute approximate surface area is 239 Å². The lowest BCUT2D eigenvalue weighted by Gasteiger charge is -2.44. The molecule has 1 aliphatic rings. The molecule has 1 saturated carbocycles. The van der Waals surface area contributed by atoms with Gasteiger partial charge in [-0.2, -0.15) is 9.78 Å². The van der Waals surface area contributed by atoms with Crippen molar-refractivity contribution in [1.82, 2.24) is 0 Å². The summed E-state index contributed by atoms with van der Waals surface area (Å²) in [6, 6.07) is 14.2. The van der Waals surface area contributed by atoms with Crippen molar-refractivity contribution in [3.8, 4) is 0 Å². The minimum Gasteiger partial charge on any atom is -0.292 e. The Hall–Kier alpha value is -3.31.